The van der Waals surface area contributed by atoms with E-state index in [0.29, 0.717) is 5.95 Å². The average Bonchev–Trinajstić information content (AvgIpc) is 2.80. The molecule has 2 aliphatic rings. The maximum Gasteiger partial charge on any atom is 0.418 e. The number of halogens is 4. The predicted octanol–water partition coefficient (Wildman–Crippen LogP) is 5.80. The molecular weight excluding hydrogens is 497 g/mol. The molecule has 1 aromatic heterocycles. The Morgan fingerprint density at radius 3 is 2.43 bits per heavy atom. The lowest BCUT2D eigenvalue weighted by molar-refractivity contribution is -0.136. The lowest BCUT2D eigenvalue weighted by Gasteiger charge is -2.31. The molecule has 0 aliphatic heterocycles. The van der Waals surface area contributed by atoms with Crippen LogP contribution in [0.15, 0.2) is 18.2 Å². The predicted molar refractivity (Wildman–Crippen MR) is 138 cm³/mol. The summed E-state index contributed by atoms with van der Waals surface area (Å²) in [6.07, 6.45) is 3.23. The van der Waals surface area contributed by atoms with Gasteiger partial charge in [-0.3, -0.25) is 0 Å². The van der Waals surface area contributed by atoms with Crippen molar-refractivity contribution >= 4 is 46.4 Å². The molecule has 1 fully saturated rings. The number of aryl methyl sites for hydroxylation is 1. The van der Waals surface area contributed by atoms with Crippen LogP contribution in [0.1, 0.15) is 55.3 Å². The second kappa shape index (κ2) is 10.7. The number of alkyl halides is 3. The van der Waals surface area contributed by atoms with Gasteiger partial charge < -0.3 is 20.9 Å². The third-order valence-electron chi connectivity index (χ3n) is 6.52. The number of nitrogens with zero attached hydrogens (tertiary/aromatic N) is 3. The van der Waals surface area contributed by atoms with Gasteiger partial charge in [0.1, 0.15) is 5.82 Å². The molecule has 1 heterocycles. The molecule has 3 N–H and O–H groups in total. The fourth-order valence-corrected chi connectivity index (χ4v) is 5.23. The van der Waals surface area contributed by atoms with E-state index in [4.69, 9.17) is 33.8 Å². The number of aromatic nitrogens is 2. The first-order valence-corrected chi connectivity index (χ1v) is 12.7. The van der Waals surface area contributed by atoms with Crippen molar-refractivity contribution in [2.45, 2.75) is 69.6 Å². The molecule has 0 saturated heterocycles. The summed E-state index contributed by atoms with van der Waals surface area (Å²) in [6, 6.07) is 3.91. The highest BCUT2D eigenvalue weighted by Gasteiger charge is 2.34. The number of anilines is 3. The minimum atomic E-state index is -4.53. The number of hydrogen-bond acceptors (Lipinski definition) is 5. The monoisotopic (exact) mass is 526 g/mol. The van der Waals surface area contributed by atoms with Crippen LogP contribution >= 0.6 is 23.8 Å². The van der Waals surface area contributed by atoms with Crippen molar-refractivity contribution in [1.82, 2.24) is 15.3 Å². The van der Waals surface area contributed by atoms with Gasteiger partial charge in [0.05, 0.1) is 16.9 Å². The van der Waals surface area contributed by atoms with Gasteiger partial charge in [-0.05, 0) is 81.8 Å². The first-order chi connectivity index (χ1) is 16.6. The van der Waals surface area contributed by atoms with E-state index in [9.17, 15) is 13.2 Å². The van der Waals surface area contributed by atoms with E-state index < -0.39 is 11.7 Å². The first-order valence-electron chi connectivity index (χ1n) is 11.9. The maximum absolute atomic E-state index is 13.3. The van der Waals surface area contributed by atoms with Crippen LogP contribution in [-0.4, -0.2) is 41.3 Å². The fraction of sp³-hybridized carbons (Fsp3) is 0.542. The zero-order chi connectivity index (χ0) is 25.2. The molecule has 2 aromatic rings. The molecule has 0 spiro atoms. The van der Waals surface area contributed by atoms with Crippen molar-refractivity contribution in [3.05, 3.63) is 40.0 Å². The third kappa shape index (κ3) is 6.46. The smallest absolute Gasteiger partial charge is 0.362 e. The second-order valence-corrected chi connectivity index (χ2v) is 10.2. The molecule has 35 heavy (non-hydrogen) atoms. The Kier molecular flexibility index (Phi) is 7.90. The molecule has 11 heteroatoms. The van der Waals surface area contributed by atoms with Crippen LogP contribution in [0.3, 0.4) is 0 Å². The molecule has 0 unspecified atom stereocenters. The van der Waals surface area contributed by atoms with Gasteiger partial charge >= 0.3 is 6.18 Å². The molecule has 1 aromatic carbocycles. The Morgan fingerprint density at radius 1 is 1.06 bits per heavy atom. The Hall–Kier alpha value is -2.33. The molecule has 4 rings (SSSR count). The van der Waals surface area contributed by atoms with E-state index in [0.717, 1.165) is 62.5 Å². The van der Waals surface area contributed by atoms with Crippen LogP contribution < -0.4 is 20.9 Å². The molecule has 1 saturated carbocycles. The maximum atomic E-state index is 13.3. The van der Waals surface area contributed by atoms with Crippen LogP contribution in [0, 0.1) is 0 Å². The molecular formula is C24H30ClF3N6S. The van der Waals surface area contributed by atoms with Crippen molar-refractivity contribution in [2.24, 2.45) is 0 Å². The van der Waals surface area contributed by atoms with E-state index in [2.05, 4.69) is 20.9 Å². The van der Waals surface area contributed by atoms with E-state index in [1.54, 1.807) is 0 Å². The normalized spacial score (nSPS) is 20.1. The lowest BCUT2D eigenvalue weighted by Crippen LogP contribution is -2.42. The van der Waals surface area contributed by atoms with Crippen LogP contribution in [-0.2, 0) is 19.0 Å². The van der Waals surface area contributed by atoms with Gasteiger partial charge in [0, 0.05) is 36.8 Å². The summed E-state index contributed by atoms with van der Waals surface area (Å²) in [5, 5.41) is 9.55. The summed E-state index contributed by atoms with van der Waals surface area (Å²) >= 11 is 11.1. The first kappa shape index (κ1) is 25.8. The van der Waals surface area contributed by atoms with Crippen molar-refractivity contribution < 1.29 is 13.2 Å². The molecule has 0 bridgehead atoms. The molecule has 6 nitrogen and oxygen atoms in total. The topological polar surface area (TPSA) is 65.1 Å². The summed E-state index contributed by atoms with van der Waals surface area (Å²) in [7, 11) is 4.02. The van der Waals surface area contributed by atoms with E-state index in [1.165, 1.54) is 24.1 Å². The number of thiocarbonyl (C=S) groups is 1. The zero-order valence-corrected chi connectivity index (χ0v) is 21.4. The Balaban J connectivity index is 1.32. The molecule has 0 amide bonds. The minimum absolute atomic E-state index is 0.0215. The summed E-state index contributed by atoms with van der Waals surface area (Å²) in [6.45, 7) is 0. The number of fused-ring (bicyclic) bond motifs is 1. The standard InChI is InChI=1S/C24H30ClF3N6S/c1-34(2)21-17-5-3-4-6-19(17)31-22(33-21)29-15-8-10-16(11-9-15)30-23(35)32-20-12-7-14(25)13-18(20)24(26,27)28/h7,12-13,15-16H,3-6,8-11H2,1-2H3,(H,29,31,33)(H2,30,32,35). The number of nitrogens with one attached hydrogen (secondary N) is 3. The second-order valence-electron chi connectivity index (χ2n) is 9.38. The lowest BCUT2D eigenvalue weighted by atomic mass is 9.91. The SMILES string of the molecule is CN(C)c1nc(NC2CCC(NC(=S)Nc3ccc(Cl)cc3C(F)(F)F)CC2)nc2c1CCCC2. The van der Waals surface area contributed by atoms with E-state index in [1.807, 2.05) is 14.1 Å². The Bertz CT molecular complexity index is 1070. The molecule has 2 aliphatic carbocycles. The highest BCUT2D eigenvalue weighted by molar-refractivity contribution is 7.80. The highest BCUT2D eigenvalue weighted by atomic mass is 35.5. The zero-order valence-electron chi connectivity index (χ0n) is 19.8. The summed E-state index contributed by atoms with van der Waals surface area (Å²) in [4.78, 5) is 11.6. The van der Waals surface area contributed by atoms with Crippen molar-refractivity contribution in [3.63, 3.8) is 0 Å². The van der Waals surface area contributed by atoms with Gasteiger partial charge in [-0.25, -0.2) is 4.98 Å². The molecule has 0 atom stereocenters. The van der Waals surface area contributed by atoms with Gasteiger partial charge in [0.25, 0.3) is 0 Å². The summed E-state index contributed by atoms with van der Waals surface area (Å²) in [5.41, 5.74) is 1.44. The van der Waals surface area contributed by atoms with Crippen LogP contribution in [0.25, 0.3) is 0 Å². The van der Waals surface area contributed by atoms with Crippen molar-refractivity contribution in [2.75, 3.05) is 29.6 Å². The van der Waals surface area contributed by atoms with Crippen molar-refractivity contribution in [1.29, 1.82) is 0 Å². The average molecular weight is 527 g/mol. The third-order valence-corrected chi connectivity index (χ3v) is 6.97. The van der Waals surface area contributed by atoms with Gasteiger partial charge in [-0.2, -0.15) is 18.2 Å². The van der Waals surface area contributed by atoms with E-state index >= 15 is 0 Å². The van der Waals surface area contributed by atoms with Crippen LogP contribution in [0.5, 0.6) is 0 Å². The van der Waals surface area contributed by atoms with Crippen LogP contribution in [0.4, 0.5) is 30.6 Å². The molecule has 190 valence electrons. The largest absolute Gasteiger partial charge is 0.418 e. The number of hydrogen-bond donors (Lipinski definition) is 3. The summed E-state index contributed by atoms with van der Waals surface area (Å²) in [5.74, 6) is 1.66. The van der Waals surface area contributed by atoms with Crippen molar-refractivity contribution in [3.8, 4) is 0 Å². The van der Waals surface area contributed by atoms with Crippen LogP contribution in [0.2, 0.25) is 5.02 Å². The fourth-order valence-electron chi connectivity index (χ4n) is 4.78. The Morgan fingerprint density at radius 2 is 1.74 bits per heavy atom. The van der Waals surface area contributed by atoms with Gasteiger partial charge in [0.15, 0.2) is 5.11 Å². The van der Waals surface area contributed by atoms with E-state index in [-0.39, 0.29) is 27.9 Å². The van der Waals surface area contributed by atoms with Gasteiger partial charge in [-0.1, -0.05) is 11.6 Å². The number of benzene rings is 1. The highest BCUT2D eigenvalue weighted by Crippen LogP contribution is 2.36. The van der Waals surface area contributed by atoms with Gasteiger partial charge in [-0.15, -0.1) is 0 Å². The summed E-state index contributed by atoms with van der Waals surface area (Å²) < 4.78 is 40.0. The Labute approximate surface area is 214 Å². The number of rotatable bonds is 5. The molecule has 0 radical (unpaired) electrons. The quantitative estimate of drug-likeness (QED) is 0.425. The minimum Gasteiger partial charge on any atom is -0.362 e. The van der Waals surface area contributed by atoms with Gasteiger partial charge in [0.2, 0.25) is 5.95 Å².